The zero-order chi connectivity index (χ0) is 13.2. The molecular weight excluding hydrogens is 268 g/mol. The van der Waals surface area contributed by atoms with Gasteiger partial charge in [-0.25, -0.2) is 13.6 Å². The van der Waals surface area contributed by atoms with Gasteiger partial charge in [0.15, 0.2) is 0 Å². The van der Waals surface area contributed by atoms with Crippen molar-refractivity contribution in [3.8, 4) is 0 Å². The topological polar surface area (TPSA) is 127 Å². The van der Waals surface area contributed by atoms with Gasteiger partial charge in [0.25, 0.3) is 0 Å². The molecule has 0 aliphatic heterocycles. The summed E-state index contributed by atoms with van der Waals surface area (Å²) in [6, 6.07) is 3.71. The highest BCUT2D eigenvalue weighted by atomic mass is 35.5. The first-order valence-corrected chi connectivity index (χ1v) is 6.58. The highest BCUT2D eigenvalue weighted by Gasteiger charge is 2.20. The number of sulfonamides is 1. The SMILES string of the molecule is NCC(O)C(O)c1ccc(S(N)(=O)=O)c(Cl)c1. The Hall–Kier alpha value is -0.700. The second kappa shape index (κ2) is 5.30. The largest absolute Gasteiger partial charge is 0.389 e. The molecule has 1 rings (SSSR count). The quantitative estimate of drug-likeness (QED) is 0.582. The van der Waals surface area contributed by atoms with Gasteiger partial charge in [-0.1, -0.05) is 17.7 Å². The van der Waals surface area contributed by atoms with E-state index in [4.69, 9.17) is 22.5 Å². The Kier molecular flexibility index (Phi) is 4.48. The third-order valence-corrected chi connectivity index (χ3v) is 3.60. The van der Waals surface area contributed by atoms with Crippen molar-refractivity contribution in [1.82, 2.24) is 0 Å². The standard InChI is InChI=1S/C9H13ClN2O4S/c10-6-3-5(9(14)7(13)4-11)1-2-8(6)17(12,15)16/h1-3,7,9,13-14H,4,11H2,(H2,12,15,16). The van der Waals surface area contributed by atoms with Crippen LogP contribution >= 0.6 is 11.6 Å². The lowest BCUT2D eigenvalue weighted by molar-refractivity contribution is 0.0243. The summed E-state index contributed by atoms with van der Waals surface area (Å²) in [7, 11) is -3.90. The van der Waals surface area contributed by atoms with Crippen molar-refractivity contribution in [2.24, 2.45) is 10.9 Å². The van der Waals surface area contributed by atoms with E-state index >= 15 is 0 Å². The van der Waals surface area contributed by atoms with Crippen LogP contribution in [0.5, 0.6) is 0 Å². The third-order valence-electron chi connectivity index (χ3n) is 2.21. The molecular formula is C9H13ClN2O4S. The highest BCUT2D eigenvalue weighted by molar-refractivity contribution is 7.89. The van der Waals surface area contributed by atoms with Crippen LogP contribution < -0.4 is 10.9 Å². The molecule has 0 fully saturated rings. The first-order valence-electron chi connectivity index (χ1n) is 4.66. The molecule has 17 heavy (non-hydrogen) atoms. The minimum absolute atomic E-state index is 0.117. The Balaban J connectivity index is 3.13. The molecule has 0 saturated carbocycles. The molecule has 0 aliphatic rings. The monoisotopic (exact) mass is 280 g/mol. The molecule has 0 radical (unpaired) electrons. The zero-order valence-corrected chi connectivity index (χ0v) is 10.3. The van der Waals surface area contributed by atoms with E-state index in [-0.39, 0.29) is 22.0 Å². The van der Waals surface area contributed by atoms with Crippen LogP contribution in [-0.2, 0) is 10.0 Å². The van der Waals surface area contributed by atoms with Crippen LogP contribution in [-0.4, -0.2) is 31.3 Å². The number of primary sulfonamides is 1. The van der Waals surface area contributed by atoms with Crippen LogP contribution in [0.3, 0.4) is 0 Å². The number of rotatable bonds is 4. The molecule has 0 aromatic heterocycles. The van der Waals surface area contributed by atoms with Crippen molar-refractivity contribution in [1.29, 1.82) is 0 Å². The molecule has 2 atom stereocenters. The number of halogens is 1. The Bertz CT molecular complexity index is 506. The lowest BCUT2D eigenvalue weighted by Crippen LogP contribution is -2.27. The third kappa shape index (κ3) is 3.38. The van der Waals surface area contributed by atoms with Crippen molar-refractivity contribution in [3.05, 3.63) is 28.8 Å². The van der Waals surface area contributed by atoms with Gasteiger partial charge in [0.05, 0.1) is 11.1 Å². The van der Waals surface area contributed by atoms with E-state index in [1.165, 1.54) is 18.2 Å². The van der Waals surface area contributed by atoms with E-state index in [1.54, 1.807) is 0 Å². The van der Waals surface area contributed by atoms with Crippen molar-refractivity contribution >= 4 is 21.6 Å². The summed E-state index contributed by atoms with van der Waals surface area (Å²) in [6.45, 7) is -0.129. The molecule has 6 N–H and O–H groups in total. The van der Waals surface area contributed by atoms with Gasteiger partial charge in [-0.2, -0.15) is 0 Å². The van der Waals surface area contributed by atoms with Gasteiger partial charge in [0.1, 0.15) is 11.0 Å². The van der Waals surface area contributed by atoms with E-state index in [2.05, 4.69) is 0 Å². The fourth-order valence-electron chi connectivity index (χ4n) is 1.28. The maximum Gasteiger partial charge on any atom is 0.239 e. The fraction of sp³-hybridized carbons (Fsp3) is 0.333. The number of aliphatic hydroxyl groups excluding tert-OH is 2. The summed E-state index contributed by atoms with van der Waals surface area (Å²) < 4.78 is 22.2. The summed E-state index contributed by atoms with van der Waals surface area (Å²) in [4.78, 5) is -0.239. The molecule has 0 heterocycles. The van der Waals surface area contributed by atoms with E-state index in [9.17, 15) is 18.6 Å². The summed E-state index contributed by atoms with van der Waals surface area (Å²) in [5.41, 5.74) is 5.45. The van der Waals surface area contributed by atoms with Gasteiger partial charge in [0.2, 0.25) is 10.0 Å². The van der Waals surface area contributed by atoms with Crippen LogP contribution in [0.25, 0.3) is 0 Å². The molecule has 96 valence electrons. The van der Waals surface area contributed by atoms with Crippen LogP contribution in [0.1, 0.15) is 11.7 Å². The van der Waals surface area contributed by atoms with Crippen LogP contribution in [0.15, 0.2) is 23.1 Å². The van der Waals surface area contributed by atoms with Gasteiger partial charge in [-0.3, -0.25) is 0 Å². The predicted molar refractivity (Wildman–Crippen MR) is 62.8 cm³/mol. The maximum atomic E-state index is 11.1. The zero-order valence-electron chi connectivity index (χ0n) is 8.75. The Labute approximate surface area is 104 Å². The van der Waals surface area contributed by atoms with Crippen LogP contribution in [0, 0.1) is 0 Å². The van der Waals surface area contributed by atoms with Crippen molar-refractivity contribution in [3.63, 3.8) is 0 Å². The van der Waals surface area contributed by atoms with E-state index in [1.807, 2.05) is 0 Å². The predicted octanol–water partition coefficient (Wildman–Crippen LogP) is -0.660. The van der Waals surface area contributed by atoms with Gasteiger partial charge >= 0.3 is 0 Å². The van der Waals surface area contributed by atoms with Crippen molar-refractivity contribution in [2.75, 3.05) is 6.54 Å². The fourth-order valence-corrected chi connectivity index (χ4v) is 2.38. The van der Waals surface area contributed by atoms with Crippen molar-refractivity contribution < 1.29 is 18.6 Å². The molecule has 1 aromatic rings. The molecule has 6 nitrogen and oxygen atoms in total. The van der Waals surface area contributed by atoms with E-state index < -0.39 is 22.2 Å². The van der Waals surface area contributed by atoms with Crippen LogP contribution in [0.4, 0.5) is 0 Å². The average Bonchev–Trinajstić information content (AvgIpc) is 2.25. The van der Waals surface area contributed by atoms with Gasteiger partial charge in [0, 0.05) is 6.54 Å². The minimum atomic E-state index is -3.90. The molecule has 8 heteroatoms. The summed E-state index contributed by atoms with van der Waals surface area (Å²) in [6.07, 6.45) is -2.38. The molecule has 0 aliphatic carbocycles. The minimum Gasteiger partial charge on any atom is -0.389 e. The molecule has 0 amide bonds. The number of aliphatic hydroxyl groups is 2. The second-order valence-corrected chi connectivity index (χ2v) is 5.42. The normalized spacial score (nSPS) is 15.6. The van der Waals surface area contributed by atoms with Gasteiger partial charge in [-0.05, 0) is 17.7 Å². The van der Waals surface area contributed by atoms with E-state index in [0.717, 1.165) is 0 Å². The number of nitrogens with two attached hydrogens (primary N) is 2. The average molecular weight is 281 g/mol. The Morgan fingerprint density at radius 3 is 2.35 bits per heavy atom. The molecule has 1 aromatic carbocycles. The molecule has 0 spiro atoms. The van der Waals surface area contributed by atoms with Gasteiger partial charge in [-0.15, -0.1) is 0 Å². The lowest BCUT2D eigenvalue weighted by atomic mass is 10.0. The smallest absolute Gasteiger partial charge is 0.239 e. The Morgan fingerprint density at radius 1 is 1.35 bits per heavy atom. The van der Waals surface area contributed by atoms with E-state index in [0.29, 0.717) is 0 Å². The lowest BCUT2D eigenvalue weighted by Gasteiger charge is -2.17. The highest BCUT2D eigenvalue weighted by Crippen LogP contribution is 2.25. The van der Waals surface area contributed by atoms with Gasteiger partial charge < -0.3 is 15.9 Å². The second-order valence-electron chi connectivity index (χ2n) is 3.48. The number of hydrogen-bond acceptors (Lipinski definition) is 5. The molecule has 0 bridgehead atoms. The number of benzene rings is 1. The first kappa shape index (κ1) is 14.4. The summed E-state index contributed by atoms with van der Waals surface area (Å²) >= 11 is 5.72. The first-order chi connectivity index (χ1) is 7.77. The van der Waals surface area contributed by atoms with Crippen LogP contribution in [0.2, 0.25) is 5.02 Å². The molecule has 0 saturated heterocycles. The molecule has 2 unspecified atom stereocenters. The maximum absolute atomic E-state index is 11.1. The Morgan fingerprint density at radius 2 is 1.94 bits per heavy atom. The number of hydrogen-bond donors (Lipinski definition) is 4. The summed E-state index contributed by atoms with van der Waals surface area (Å²) in [5.74, 6) is 0. The summed E-state index contributed by atoms with van der Waals surface area (Å²) in [5, 5.41) is 23.8. The van der Waals surface area contributed by atoms with Crippen molar-refractivity contribution in [2.45, 2.75) is 17.1 Å².